The molecule has 0 heterocycles. The Morgan fingerprint density at radius 3 is 2.41 bits per heavy atom. The molecule has 0 aliphatic heterocycles. The van der Waals surface area contributed by atoms with Crippen molar-refractivity contribution in [2.45, 2.75) is 38.8 Å². The van der Waals surface area contributed by atoms with Gasteiger partial charge in [-0.2, -0.15) is 13.2 Å². The molecular weight excluding hydrogens is 229 g/mol. The van der Waals surface area contributed by atoms with Gasteiger partial charge in [-0.05, 0) is 12.5 Å². The first-order chi connectivity index (χ1) is 7.96. The van der Waals surface area contributed by atoms with Gasteiger partial charge in [-0.1, -0.05) is 38.0 Å². The summed E-state index contributed by atoms with van der Waals surface area (Å²) in [4.78, 5) is 11.7. The summed E-state index contributed by atoms with van der Waals surface area (Å²) in [5.41, 5.74) is -1.04. The Morgan fingerprint density at radius 2 is 1.82 bits per heavy atom. The molecule has 0 spiro atoms. The number of unbranched alkanes of at least 4 members (excludes halogenated alkanes) is 2. The van der Waals surface area contributed by atoms with E-state index < -0.39 is 17.5 Å². The largest absolute Gasteiger partial charge is 0.417 e. The van der Waals surface area contributed by atoms with Gasteiger partial charge >= 0.3 is 6.18 Å². The first-order valence-electron chi connectivity index (χ1n) is 5.66. The third kappa shape index (κ3) is 3.88. The van der Waals surface area contributed by atoms with Gasteiger partial charge in [-0.3, -0.25) is 4.79 Å². The van der Waals surface area contributed by atoms with Gasteiger partial charge in [0.1, 0.15) is 0 Å². The molecule has 0 aromatic heterocycles. The Kier molecular flexibility index (Phi) is 4.73. The lowest BCUT2D eigenvalue weighted by Gasteiger charge is -2.11. The minimum absolute atomic E-state index is 0.181. The fourth-order valence-electron chi connectivity index (χ4n) is 1.64. The molecule has 0 radical (unpaired) electrons. The highest BCUT2D eigenvalue weighted by molar-refractivity contribution is 5.97. The molecule has 0 saturated carbocycles. The van der Waals surface area contributed by atoms with E-state index in [1.807, 2.05) is 6.92 Å². The smallest absolute Gasteiger partial charge is 0.294 e. The molecule has 1 rings (SSSR count). The SMILES string of the molecule is CCCCCC(=O)c1ccccc1C(F)(F)F. The summed E-state index contributed by atoms with van der Waals surface area (Å²) in [6, 6.07) is 4.96. The highest BCUT2D eigenvalue weighted by Gasteiger charge is 2.34. The predicted octanol–water partition coefficient (Wildman–Crippen LogP) is 4.47. The third-order valence-electron chi connectivity index (χ3n) is 2.54. The molecule has 1 aromatic carbocycles. The van der Waals surface area contributed by atoms with Crippen LogP contribution in [0.25, 0.3) is 0 Å². The average molecular weight is 244 g/mol. The Balaban J connectivity index is 2.86. The fourth-order valence-corrected chi connectivity index (χ4v) is 1.64. The van der Waals surface area contributed by atoms with Crippen LogP contribution in [0.3, 0.4) is 0 Å². The van der Waals surface area contributed by atoms with Gasteiger partial charge in [0.05, 0.1) is 5.56 Å². The van der Waals surface area contributed by atoms with Crippen molar-refractivity contribution in [3.05, 3.63) is 35.4 Å². The van der Waals surface area contributed by atoms with Crippen LogP contribution in [0.2, 0.25) is 0 Å². The average Bonchev–Trinajstić information content (AvgIpc) is 2.28. The molecule has 0 N–H and O–H groups in total. The van der Waals surface area contributed by atoms with Gasteiger partial charge in [0, 0.05) is 12.0 Å². The molecule has 17 heavy (non-hydrogen) atoms. The van der Waals surface area contributed by atoms with Crippen LogP contribution in [0.5, 0.6) is 0 Å². The van der Waals surface area contributed by atoms with Crippen molar-refractivity contribution in [1.29, 1.82) is 0 Å². The van der Waals surface area contributed by atoms with Crippen molar-refractivity contribution in [1.82, 2.24) is 0 Å². The second kappa shape index (κ2) is 5.84. The summed E-state index contributed by atoms with van der Waals surface area (Å²) in [7, 11) is 0. The quantitative estimate of drug-likeness (QED) is 0.551. The molecule has 4 heteroatoms. The molecule has 0 unspecified atom stereocenters. The maximum atomic E-state index is 12.6. The molecule has 0 fully saturated rings. The monoisotopic (exact) mass is 244 g/mol. The number of benzene rings is 1. The normalized spacial score (nSPS) is 11.5. The van der Waals surface area contributed by atoms with E-state index in [4.69, 9.17) is 0 Å². The van der Waals surface area contributed by atoms with Crippen LogP contribution < -0.4 is 0 Å². The zero-order valence-electron chi connectivity index (χ0n) is 9.68. The Morgan fingerprint density at radius 1 is 1.18 bits per heavy atom. The first kappa shape index (κ1) is 13.7. The van der Waals surface area contributed by atoms with Gasteiger partial charge in [-0.25, -0.2) is 0 Å². The Hall–Kier alpha value is -1.32. The molecule has 0 amide bonds. The van der Waals surface area contributed by atoms with E-state index in [2.05, 4.69) is 0 Å². The van der Waals surface area contributed by atoms with Gasteiger partial charge in [0.2, 0.25) is 0 Å². The number of hydrogen-bond acceptors (Lipinski definition) is 1. The van der Waals surface area contributed by atoms with E-state index in [0.29, 0.717) is 6.42 Å². The second-order valence-corrected chi connectivity index (χ2v) is 3.92. The Bertz CT molecular complexity index is 382. The summed E-state index contributed by atoms with van der Waals surface area (Å²) in [6.45, 7) is 1.98. The number of halogens is 3. The molecule has 1 nitrogen and oxygen atoms in total. The zero-order chi connectivity index (χ0) is 12.9. The molecule has 0 saturated heterocycles. The highest BCUT2D eigenvalue weighted by Crippen LogP contribution is 2.32. The van der Waals surface area contributed by atoms with Crippen molar-refractivity contribution in [2.24, 2.45) is 0 Å². The number of rotatable bonds is 5. The molecule has 1 aromatic rings. The third-order valence-corrected chi connectivity index (χ3v) is 2.54. The standard InChI is InChI=1S/C13H15F3O/c1-2-3-4-9-12(17)10-7-5-6-8-11(10)13(14,15)16/h5-8H,2-4,9H2,1H3. The maximum absolute atomic E-state index is 12.6. The van der Waals surface area contributed by atoms with E-state index in [9.17, 15) is 18.0 Å². The lowest BCUT2D eigenvalue weighted by molar-refractivity contribution is -0.137. The van der Waals surface area contributed by atoms with Gasteiger partial charge < -0.3 is 0 Å². The maximum Gasteiger partial charge on any atom is 0.417 e. The number of carbonyl (C=O) groups is 1. The minimum atomic E-state index is -4.46. The lowest BCUT2D eigenvalue weighted by Crippen LogP contribution is -2.12. The number of Topliss-reactive ketones (excluding diaryl/α,β-unsaturated/α-hetero) is 1. The van der Waals surface area contributed by atoms with Crippen LogP contribution in [0, 0.1) is 0 Å². The number of hydrogen-bond donors (Lipinski definition) is 0. The number of carbonyl (C=O) groups excluding carboxylic acids is 1. The van der Waals surface area contributed by atoms with Crippen molar-refractivity contribution in [3.63, 3.8) is 0 Å². The second-order valence-electron chi connectivity index (χ2n) is 3.92. The van der Waals surface area contributed by atoms with E-state index in [1.165, 1.54) is 18.2 Å². The van der Waals surface area contributed by atoms with Crippen LogP contribution in [-0.4, -0.2) is 5.78 Å². The minimum Gasteiger partial charge on any atom is -0.294 e. The fraction of sp³-hybridized carbons (Fsp3) is 0.462. The highest BCUT2D eigenvalue weighted by atomic mass is 19.4. The van der Waals surface area contributed by atoms with E-state index in [0.717, 1.165) is 18.9 Å². The van der Waals surface area contributed by atoms with Gasteiger partial charge in [-0.15, -0.1) is 0 Å². The number of alkyl halides is 3. The summed E-state index contributed by atoms with van der Waals surface area (Å²) < 4.78 is 37.9. The predicted molar refractivity (Wildman–Crippen MR) is 59.9 cm³/mol. The molecular formula is C13H15F3O. The zero-order valence-corrected chi connectivity index (χ0v) is 9.68. The topological polar surface area (TPSA) is 17.1 Å². The summed E-state index contributed by atoms with van der Waals surface area (Å²) in [5, 5.41) is 0. The molecule has 0 aliphatic carbocycles. The lowest BCUT2D eigenvalue weighted by atomic mass is 9.99. The Labute approximate surface area is 98.6 Å². The summed E-state index contributed by atoms with van der Waals surface area (Å²) in [5.74, 6) is -0.425. The van der Waals surface area contributed by atoms with Gasteiger partial charge in [0.15, 0.2) is 5.78 Å². The van der Waals surface area contributed by atoms with Crippen LogP contribution >= 0.6 is 0 Å². The molecule has 0 aliphatic rings. The van der Waals surface area contributed by atoms with Crippen LogP contribution in [0.1, 0.15) is 48.5 Å². The van der Waals surface area contributed by atoms with Crippen molar-refractivity contribution in [2.75, 3.05) is 0 Å². The van der Waals surface area contributed by atoms with Crippen molar-refractivity contribution >= 4 is 5.78 Å². The summed E-state index contributed by atoms with van der Waals surface area (Å²) in [6.07, 6.45) is -1.84. The summed E-state index contributed by atoms with van der Waals surface area (Å²) >= 11 is 0. The van der Waals surface area contributed by atoms with Crippen molar-refractivity contribution in [3.8, 4) is 0 Å². The van der Waals surface area contributed by atoms with Crippen molar-refractivity contribution < 1.29 is 18.0 Å². The van der Waals surface area contributed by atoms with E-state index in [-0.39, 0.29) is 12.0 Å². The van der Waals surface area contributed by atoms with Crippen LogP contribution in [0.4, 0.5) is 13.2 Å². The van der Waals surface area contributed by atoms with Crippen LogP contribution in [-0.2, 0) is 6.18 Å². The molecule has 0 atom stereocenters. The van der Waals surface area contributed by atoms with E-state index in [1.54, 1.807) is 0 Å². The van der Waals surface area contributed by atoms with Gasteiger partial charge in [0.25, 0.3) is 0 Å². The molecule has 94 valence electrons. The van der Waals surface area contributed by atoms with Crippen LogP contribution in [0.15, 0.2) is 24.3 Å². The first-order valence-corrected chi connectivity index (χ1v) is 5.66. The number of ketones is 1. The van der Waals surface area contributed by atoms with E-state index >= 15 is 0 Å². The molecule has 0 bridgehead atoms.